The van der Waals surface area contributed by atoms with Gasteiger partial charge in [0.1, 0.15) is 10.9 Å². The van der Waals surface area contributed by atoms with Crippen molar-refractivity contribution in [2.75, 3.05) is 0 Å². The van der Waals surface area contributed by atoms with Crippen molar-refractivity contribution in [1.82, 2.24) is 15.8 Å². The summed E-state index contributed by atoms with van der Waals surface area (Å²) < 4.78 is 40.7. The molecule has 2 N–H and O–H groups in total. The van der Waals surface area contributed by atoms with E-state index in [1.165, 1.54) is 30.5 Å². The maximum atomic E-state index is 12.3. The molecule has 6 nitrogen and oxygen atoms in total. The molecule has 0 aliphatic carbocycles. The summed E-state index contributed by atoms with van der Waals surface area (Å²) in [5, 5.41) is 0.0675. The summed E-state index contributed by atoms with van der Waals surface area (Å²) in [6.07, 6.45) is -3.67. The summed E-state index contributed by atoms with van der Waals surface area (Å²) in [6, 6.07) is 7.31. The number of ether oxygens (including phenoxy) is 1. The van der Waals surface area contributed by atoms with Gasteiger partial charge in [0.2, 0.25) is 0 Å². The minimum atomic E-state index is -4.95. The first kappa shape index (κ1) is 17.5. The van der Waals surface area contributed by atoms with Crippen LogP contribution in [0.4, 0.5) is 13.2 Å². The Bertz CT molecular complexity index is 768. The van der Waals surface area contributed by atoms with Gasteiger partial charge in [0, 0.05) is 11.8 Å². The number of hydrazine groups is 1. The Kier molecular flexibility index (Phi) is 5.24. The summed E-state index contributed by atoms with van der Waals surface area (Å²) >= 11 is 5.63. The van der Waals surface area contributed by atoms with Crippen LogP contribution in [0.3, 0.4) is 0 Å². The van der Waals surface area contributed by atoms with E-state index in [0.717, 1.165) is 12.1 Å². The van der Waals surface area contributed by atoms with Crippen LogP contribution in [0.5, 0.6) is 5.75 Å². The van der Waals surface area contributed by atoms with Crippen LogP contribution >= 0.6 is 11.6 Å². The summed E-state index contributed by atoms with van der Waals surface area (Å²) in [7, 11) is 0. The first-order valence-electron chi connectivity index (χ1n) is 6.33. The van der Waals surface area contributed by atoms with E-state index >= 15 is 0 Å². The van der Waals surface area contributed by atoms with Crippen molar-refractivity contribution in [3.63, 3.8) is 0 Å². The lowest BCUT2D eigenvalue weighted by atomic mass is 10.2. The van der Waals surface area contributed by atoms with Gasteiger partial charge in [-0.25, -0.2) is 4.98 Å². The third kappa shape index (κ3) is 4.85. The number of benzene rings is 1. The third-order valence-corrected chi connectivity index (χ3v) is 2.84. The number of nitrogens with one attached hydrogen (secondary N) is 2. The molecule has 2 rings (SSSR count). The van der Waals surface area contributed by atoms with E-state index in [9.17, 15) is 22.8 Å². The molecule has 0 aliphatic heterocycles. The van der Waals surface area contributed by atoms with Crippen LogP contribution < -0.4 is 15.6 Å². The zero-order valence-electron chi connectivity index (χ0n) is 11.7. The number of hydrogen-bond acceptors (Lipinski definition) is 4. The van der Waals surface area contributed by atoms with E-state index in [2.05, 4.69) is 15.1 Å². The fraction of sp³-hybridized carbons (Fsp3) is 0.0714. The zero-order chi connectivity index (χ0) is 17.7. The molecule has 0 bridgehead atoms. The molecule has 2 aromatic rings. The van der Waals surface area contributed by atoms with Crippen molar-refractivity contribution in [3.05, 3.63) is 58.9 Å². The molecule has 0 spiro atoms. The van der Waals surface area contributed by atoms with E-state index in [0.29, 0.717) is 0 Å². The van der Waals surface area contributed by atoms with Crippen molar-refractivity contribution >= 4 is 23.4 Å². The van der Waals surface area contributed by atoms with Gasteiger partial charge in [-0.3, -0.25) is 20.4 Å². The molecule has 0 saturated carbocycles. The van der Waals surface area contributed by atoms with E-state index in [1.807, 2.05) is 5.43 Å². The van der Waals surface area contributed by atoms with Crippen molar-refractivity contribution < 1.29 is 27.5 Å². The van der Waals surface area contributed by atoms with E-state index < -0.39 is 29.5 Å². The number of nitrogens with zero attached hydrogens (tertiary/aromatic N) is 1. The molecule has 10 heteroatoms. The van der Waals surface area contributed by atoms with Gasteiger partial charge in [-0.05, 0) is 24.3 Å². The quantitative estimate of drug-likeness (QED) is 0.652. The monoisotopic (exact) mass is 359 g/mol. The number of rotatable bonds is 3. The highest BCUT2D eigenvalue weighted by atomic mass is 35.5. The lowest BCUT2D eigenvalue weighted by Crippen LogP contribution is -2.41. The minimum Gasteiger partial charge on any atom is -0.405 e. The molecule has 0 unspecified atom stereocenters. The largest absolute Gasteiger partial charge is 0.573 e. The standard InChI is InChI=1S/C14H9ClF3N3O3/c15-11-7-8(5-6-19-11)12(22)20-21-13(23)9-3-1-2-4-10(9)24-14(16,17)18/h1-7H,(H,20,22)(H,21,23). The SMILES string of the molecule is O=C(NNC(=O)c1ccccc1OC(F)(F)F)c1ccnc(Cl)c1. The minimum absolute atomic E-state index is 0.0675. The van der Waals surface area contributed by atoms with Gasteiger partial charge in [-0.15, -0.1) is 13.2 Å². The van der Waals surface area contributed by atoms with Crippen LogP contribution in [-0.2, 0) is 0 Å². The molecule has 126 valence electrons. The number of hydrogen-bond donors (Lipinski definition) is 2. The lowest BCUT2D eigenvalue weighted by Gasteiger charge is -2.13. The first-order chi connectivity index (χ1) is 11.3. The molecule has 1 aromatic carbocycles. The Morgan fingerprint density at radius 2 is 1.75 bits per heavy atom. The van der Waals surface area contributed by atoms with Crippen LogP contribution in [0.15, 0.2) is 42.6 Å². The Morgan fingerprint density at radius 3 is 2.42 bits per heavy atom. The highest BCUT2D eigenvalue weighted by Gasteiger charge is 2.32. The molecule has 2 amide bonds. The van der Waals surface area contributed by atoms with Gasteiger partial charge in [-0.2, -0.15) is 0 Å². The number of amides is 2. The smallest absolute Gasteiger partial charge is 0.405 e. The zero-order valence-corrected chi connectivity index (χ0v) is 12.5. The number of alkyl halides is 3. The fourth-order valence-corrected chi connectivity index (χ4v) is 1.84. The predicted molar refractivity (Wildman–Crippen MR) is 77.3 cm³/mol. The summed E-state index contributed by atoms with van der Waals surface area (Å²) in [5.41, 5.74) is 3.75. The van der Waals surface area contributed by atoms with E-state index in [4.69, 9.17) is 11.6 Å². The van der Waals surface area contributed by atoms with Gasteiger partial charge < -0.3 is 4.74 Å². The summed E-state index contributed by atoms with van der Waals surface area (Å²) in [5.74, 6) is -2.39. The molecule has 1 heterocycles. The van der Waals surface area contributed by atoms with Crippen molar-refractivity contribution in [1.29, 1.82) is 0 Å². The second kappa shape index (κ2) is 7.18. The number of pyridine rings is 1. The van der Waals surface area contributed by atoms with Gasteiger partial charge in [-0.1, -0.05) is 23.7 Å². The first-order valence-corrected chi connectivity index (χ1v) is 6.71. The van der Waals surface area contributed by atoms with Crippen LogP contribution in [0.2, 0.25) is 5.15 Å². The molecule has 1 aromatic heterocycles. The van der Waals surface area contributed by atoms with Crippen molar-refractivity contribution in [2.45, 2.75) is 6.36 Å². The molecule has 0 saturated heterocycles. The average molecular weight is 360 g/mol. The Balaban J connectivity index is 2.07. The van der Waals surface area contributed by atoms with Gasteiger partial charge >= 0.3 is 6.36 Å². The van der Waals surface area contributed by atoms with Crippen LogP contribution in [0.25, 0.3) is 0 Å². The number of para-hydroxylation sites is 1. The summed E-state index contributed by atoms with van der Waals surface area (Å²) in [4.78, 5) is 27.5. The second-order valence-corrected chi connectivity index (χ2v) is 4.71. The number of carbonyl (C=O) groups is 2. The van der Waals surface area contributed by atoms with Crippen molar-refractivity contribution in [2.24, 2.45) is 0 Å². The third-order valence-electron chi connectivity index (χ3n) is 2.64. The fourth-order valence-electron chi connectivity index (χ4n) is 1.66. The number of halogens is 4. The Morgan fingerprint density at radius 1 is 1.08 bits per heavy atom. The summed E-state index contributed by atoms with van der Waals surface area (Å²) in [6.45, 7) is 0. The molecule has 0 fully saturated rings. The average Bonchev–Trinajstić information content (AvgIpc) is 2.51. The second-order valence-electron chi connectivity index (χ2n) is 4.32. The molecule has 0 aliphatic rings. The topological polar surface area (TPSA) is 80.3 Å². The van der Waals surface area contributed by atoms with Gasteiger partial charge in [0.15, 0.2) is 0 Å². The Labute approximate surface area is 138 Å². The maximum absolute atomic E-state index is 12.3. The van der Waals surface area contributed by atoms with Crippen LogP contribution in [0, 0.1) is 0 Å². The highest BCUT2D eigenvalue weighted by Crippen LogP contribution is 2.25. The molecular formula is C14H9ClF3N3O3. The Hall–Kier alpha value is -2.81. The van der Waals surface area contributed by atoms with Crippen molar-refractivity contribution in [3.8, 4) is 5.75 Å². The van der Waals surface area contributed by atoms with E-state index in [1.54, 1.807) is 0 Å². The maximum Gasteiger partial charge on any atom is 0.573 e. The molecule has 0 radical (unpaired) electrons. The predicted octanol–water partition coefficient (Wildman–Crippen LogP) is 2.71. The molecule has 0 atom stereocenters. The van der Waals surface area contributed by atoms with Gasteiger partial charge in [0.05, 0.1) is 5.56 Å². The van der Waals surface area contributed by atoms with E-state index in [-0.39, 0.29) is 10.7 Å². The molecular weight excluding hydrogens is 351 g/mol. The highest BCUT2D eigenvalue weighted by molar-refractivity contribution is 6.29. The molecule has 24 heavy (non-hydrogen) atoms. The van der Waals surface area contributed by atoms with Gasteiger partial charge in [0.25, 0.3) is 11.8 Å². The normalized spacial score (nSPS) is 10.8. The number of aromatic nitrogens is 1. The lowest BCUT2D eigenvalue weighted by molar-refractivity contribution is -0.274. The number of carbonyl (C=O) groups excluding carboxylic acids is 2. The van der Waals surface area contributed by atoms with Crippen LogP contribution in [0.1, 0.15) is 20.7 Å². The van der Waals surface area contributed by atoms with Crippen LogP contribution in [-0.4, -0.2) is 23.2 Å².